The van der Waals surface area contributed by atoms with Crippen LogP contribution in [0.4, 0.5) is 17.6 Å². The van der Waals surface area contributed by atoms with Gasteiger partial charge in [0.2, 0.25) is 0 Å². The Morgan fingerprint density at radius 2 is 1.72 bits per heavy atom. The highest BCUT2D eigenvalue weighted by atomic mass is 19.4. The highest BCUT2D eigenvalue weighted by Crippen LogP contribution is 2.20. The predicted molar refractivity (Wildman–Crippen MR) is 100 cm³/mol. The van der Waals surface area contributed by atoms with Gasteiger partial charge in [-0.2, -0.15) is 13.2 Å². The summed E-state index contributed by atoms with van der Waals surface area (Å²) in [4.78, 5) is 14.5. The number of halogens is 4. The van der Waals surface area contributed by atoms with Crippen LogP contribution in [-0.4, -0.2) is 42.7 Å². The van der Waals surface area contributed by atoms with Crippen LogP contribution in [0, 0.1) is 5.82 Å². The number of carbonyl (C=O) groups is 1. The number of nitrogens with zero attached hydrogens (tertiary/aromatic N) is 1. The molecular formula is C21H22F4N2O2. The number of hydrogen-bond donors (Lipinski definition) is 1. The molecule has 0 aliphatic carbocycles. The van der Waals surface area contributed by atoms with Gasteiger partial charge in [-0.3, -0.25) is 9.69 Å². The first-order chi connectivity index (χ1) is 13.8. The third-order valence-electron chi connectivity index (χ3n) is 4.79. The van der Waals surface area contributed by atoms with E-state index in [1.165, 1.54) is 30.3 Å². The maximum Gasteiger partial charge on any atom is 0.422 e. The standard InChI is InChI=1S/C21H22F4N2O2/c22-19-4-2-1-3-16(19)13-27-11-9-17(10-12-27)26-20(28)15-5-7-18(8-6-15)29-14-21(23,24)25/h1-8,17H,9-14H2,(H,26,28). The zero-order valence-corrected chi connectivity index (χ0v) is 15.7. The predicted octanol–water partition coefficient (Wildman–Crippen LogP) is 4.16. The van der Waals surface area contributed by atoms with Gasteiger partial charge in [-0.25, -0.2) is 4.39 Å². The van der Waals surface area contributed by atoms with E-state index < -0.39 is 12.8 Å². The number of piperidine rings is 1. The minimum absolute atomic E-state index is 0.000487. The van der Waals surface area contributed by atoms with E-state index in [2.05, 4.69) is 15.0 Å². The molecule has 0 unspecified atom stereocenters. The zero-order chi connectivity index (χ0) is 20.9. The van der Waals surface area contributed by atoms with Crippen LogP contribution in [-0.2, 0) is 6.54 Å². The molecule has 1 amide bonds. The molecular weight excluding hydrogens is 388 g/mol. The zero-order valence-electron chi connectivity index (χ0n) is 15.7. The molecule has 8 heteroatoms. The Hall–Kier alpha value is -2.61. The number of hydrogen-bond acceptors (Lipinski definition) is 3. The average molecular weight is 410 g/mol. The van der Waals surface area contributed by atoms with Crippen molar-refractivity contribution in [1.82, 2.24) is 10.2 Å². The van der Waals surface area contributed by atoms with Crippen LogP contribution in [0.15, 0.2) is 48.5 Å². The van der Waals surface area contributed by atoms with Gasteiger partial charge in [0.05, 0.1) is 0 Å². The highest BCUT2D eigenvalue weighted by molar-refractivity contribution is 5.94. The molecule has 1 aliphatic rings. The van der Waals surface area contributed by atoms with Gasteiger partial charge in [-0.05, 0) is 43.2 Å². The Labute approximate surface area is 166 Å². The molecule has 1 fully saturated rings. The van der Waals surface area contributed by atoms with Gasteiger partial charge in [0.25, 0.3) is 5.91 Å². The molecule has 1 heterocycles. The van der Waals surface area contributed by atoms with Crippen molar-refractivity contribution >= 4 is 5.91 Å². The number of amides is 1. The van der Waals surface area contributed by atoms with Crippen molar-refractivity contribution in [3.8, 4) is 5.75 Å². The monoisotopic (exact) mass is 410 g/mol. The van der Waals surface area contributed by atoms with Crippen LogP contribution in [0.1, 0.15) is 28.8 Å². The van der Waals surface area contributed by atoms with E-state index in [-0.39, 0.29) is 23.5 Å². The van der Waals surface area contributed by atoms with Crippen molar-refractivity contribution in [3.05, 3.63) is 65.5 Å². The minimum atomic E-state index is -4.41. The fourth-order valence-corrected chi connectivity index (χ4v) is 3.24. The minimum Gasteiger partial charge on any atom is -0.484 e. The fraction of sp³-hybridized carbons (Fsp3) is 0.381. The van der Waals surface area contributed by atoms with Crippen molar-refractivity contribution < 1.29 is 27.1 Å². The first-order valence-corrected chi connectivity index (χ1v) is 9.36. The van der Waals surface area contributed by atoms with Crippen molar-refractivity contribution in [2.75, 3.05) is 19.7 Å². The Kier molecular flexibility index (Phi) is 6.74. The molecule has 2 aromatic rings. The summed E-state index contributed by atoms with van der Waals surface area (Å²) in [7, 11) is 0. The van der Waals surface area contributed by atoms with Crippen LogP contribution >= 0.6 is 0 Å². The Balaban J connectivity index is 1.45. The van der Waals surface area contributed by atoms with Crippen molar-refractivity contribution in [1.29, 1.82) is 0 Å². The fourth-order valence-electron chi connectivity index (χ4n) is 3.24. The third kappa shape index (κ3) is 6.45. The maximum absolute atomic E-state index is 13.8. The highest BCUT2D eigenvalue weighted by Gasteiger charge is 2.28. The van der Waals surface area contributed by atoms with Gasteiger partial charge in [0.1, 0.15) is 11.6 Å². The van der Waals surface area contributed by atoms with Gasteiger partial charge < -0.3 is 10.1 Å². The molecule has 1 N–H and O–H groups in total. The molecule has 4 nitrogen and oxygen atoms in total. The second-order valence-electron chi connectivity index (χ2n) is 7.04. The summed E-state index contributed by atoms with van der Waals surface area (Å²) in [5.41, 5.74) is 1.01. The number of benzene rings is 2. The molecule has 156 valence electrons. The SMILES string of the molecule is O=C(NC1CCN(Cc2ccccc2F)CC1)c1ccc(OCC(F)(F)F)cc1. The Morgan fingerprint density at radius 1 is 1.07 bits per heavy atom. The number of alkyl halides is 3. The molecule has 2 aromatic carbocycles. The second-order valence-corrected chi connectivity index (χ2v) is 7.04. The Bertz CT molecular complexity index is 816. The number of ether oxygens (including phenoxy) is 1. The van der Waals surface area contributed by atoms with Crippen LogP contribution in [0.5, 0.6) is 5.75 Å². The number of rotatable bonds is 6. The lowest BCUT2D eigenvalue weighted by Crippen LogP contribution is -2.44. The summed E-state index contributed by atoms with van der Waals surface area (Å²) in [6.45, 7) is 0.643. The Morgan fingerprint density at radius 3 is 2.34 bits per heavy atom. The first-order valence-electron chi connectivity index (χ1n) is 9.36. The molecule has 0 saturated carbocycles. The summed E-state index contributed by atoms with van der Waals surface area (Å²) >= 11 is 0. The normalized spacial score (nSPS) is 15.9. The van der Waals surface area contributed by atoms with E-state index in [1.807, 2.05) is 6.07 Å². The van der Waals surface area contributed by atoms with E-state index in [9.17, 15) is 22.4 Å². The van der Waals surface area contributed by atoms with Crippen molar-refractivity contribution in [3.63, 3.8) is 0 Å². The quantitative estimate of drug-likeness (QED) is 0.728. The summed E-state index contributed by atoms with van der Waals surface area (Å²) in [5, 5.41) is 2.95. The van der Waals surface area contributed by atoms with Crippen LogP contribution in [0.2, 0.25) is 0 Å². The average Bonchev–Trinajstić information content (AvgIpc) is 2.69. The van der Waals surface area contributed by atoms with Crippen LogP contribution in [0.25, 0.3) is 0 Å². The lowest BCUT2D eigenvalue weighted by Gasteiger charge is -2.32. The van der Waals surface area contributed by atoms with Gasteiger partial charge in [0, 0.05) is 36.8 Å². The van der Waals surface area contributed by atoms with Crippen molar-refractivity contribution in [2.45, 2.75) is 31.6 Å². The number of likely N-dealkylation sites (tertiary alicyclic amines) is 1. The molecule has 0 atom stereocenters. The molecule has 1 saturated heterocycles. The summed E-state index contributed by atoms with van der Waals surface area (Å²) in [6.07, 6.45) is -2.92. The maximum atomic E-state index is 13.8. The van der Waals surface area contributed by atoms with E-state index in [0.717, 1.165) is 25.9 Å². The lowest BCUT2D eigenvalue weighted by atomic mass is 10.0. The molecule has 1 aliphatic heterocycles. The smallest absolute Gasteiger partial charge is 0.422 e. The molecule has 0 aromatic heterocycles. The van der Waals surface area contributed by atoms with Gasteiger partial charge in [-0.1, -0.05) is 18.2 Å². The van der Waals surface area contributed by atoms with Gasteiger partial charge >= 0.3 is 6.18 Å². The van der Waals surface area contributed by atoms with Gasteiger partial charge in [-0.15, -0.1) is 0 Å². The second kappa shape index (κ2) is 9.26. The summed E-state index contributed by atoms with van der Waals surface area (Å²) < 4.78 is 54.9. The molecule has 3 rings (SSSR count). The largest absolute Gasteiger partial charge is 0.484 e. The molecule has 0 spiro atoms. The van der Waals surface area contributed by atoms with E-state index in [1.54, 1.807) is 12.1 Å². The van der Waals surface area contributed by atoms with Crippen molar-refractivity contribution in [2.24, 2.45) is 0 Å². The first kappa shape index (κ1) is 21.1. The molecule has 29 heavy (non-hydrogen) atoms. The molecule has 0 radical (unpaired) electrons. The number of nitrogens with one attached hydrogen (secondary N) is 1. The van der Waals surface area contributed by atoms with Crippen LogP contribution < -0.4 is 10.1 Å². The number of carbonyl (C=O) groups excluding carboxylic acids is 1. The molecule has 0 bridgehead atoms. The van der Waals surface area contributed by atoms with Gasteiger partial charge in [0.15, 0.2) is 6.61 Å². The summed E-state index contributed by atoms with van der Waals surface area (Å²) in [6, 6.07) is 12.3. The summed E-state index contributed by atoms with van der Waals surface area (Å²) in [5.74, 6) is -0.439. The topological polar surface area (TPSA) is 41.6 Å². The van der Waals surface area contributed by atoms with E-state index >= 15 is 0 Å². The van der Waals surface area contributed by atoms with E-state index in [0.29, 0.717) is 17.7 Å². The van der Waals surface area contributed by atoms with Crippen LogP contribution in [0.3, 0.4) is 0 Å². The lowest BCUT2D eigenvalue weighted by molar-refractivity contribution is -0.153. The van der Waals surface area contributed by atoms with E-state index in [4.69, 9.17) is 0 Å². The third-order valence-corrected chi connectivity index (χ3v) is 4.79.